The minimum atomic E-state index is 0.798. The molecule has 21 heavy (non-hydrogen) atoms. The minimum absolute atomic E-state index is 0.798. The first kappa shape index (κ1) is 14.1. The van der Waals surface area contributed by atoms with Crippen LogP contribution in [0, 0.1) is 13.8 Å². The zero-order valence-corrected chi connectivity index (χ0v) is 13.7. The van der Waals surface area contributed by atoms with Gasteiger partial charge in [-0.2, -0.15) is 0 Å². The number of benzene rings is 2. The molecule has 0 saturated carbocycles. The molecule has 0 radical (unpaired) electrons. The molecule has 1 aromatic heterocycles. The molecule has 2 nitrogen and oxygen atoms in total. The first-order valence-electron chi connectivity index (χ1n) is 6.98. The van der Waals surface area contributed by atoms with Crippen molar-refractivity contribution in [2.24, 2.45) is 0 Å². The Kier molecular flexibility index (Phi) is 3.93. The predicted molar refractivity (Wildman–Crippen MR) is 92.7 cm³/mol. The van der Waals surface area contributed by atoms with Gasteiger partial charge in [0.25, 0.3) is 0 Å². The average Bonchev–Trinajstić information content (AvgIpc) is 2.50. The molecule has 3 aromatic rings. The van der Waals surface area contributed by atoms with E-state index in [0.717, 1.165) is 22.2 Å². The van der Waals surface area contributed by atoms with Gasteiger partial charge in [0.15, 0.2) is 0 Å². The first-order chi connectivity index (χ1) is 10.1. The van der Waals surface area contributed by atoms with E-state index in [1.54, 1.807) is 0 Å². The summed E-state index contributed by atoms with van der Waals surface area (Å²) >= 11 is 3.58. The third kappa shape index (κ3) is 2.93. The lowest BCUT2D eigenvalue weighted by Crippen LogP contribution is -2.01. The molecule has 1 heterocycles. The Bertz CT molecular complexity index is 796. The van der Waals surface area contributed by atoms with Gasteiger partial charge in [0, 0.05) is 28.3 Å². The SMILES string of the molecule is Cc1ccc(CNc2ccc(C)c3ncccc23)cc1Br. The van der Waals surface area contributed by atoms with Crippen molar-refractivity contribution in [3.05, 3.63) is 69.8 Å². The number of rotatable bonds is 3. The van der Waals surface area contributed by atoms with E-state index in [1.165, 1.54) is 22.1 Å². The van der Waals surface area contributed by atoms with Gasteiger partial charge in [-0.15, -0.1) is 0 Å². The standard InChI is InChI=1S/C18H17BrN2/c1-12-5-7-14(10-16(12)19)11-21-17-8-6-13(2)18-15(17)4-3-9-20-18/h3-10,21H,11H2,1-2H3. The smallest absolute Gasteiger partial charge is 0.0751 e. The summed E-state index contributed by atoms with van der Waals surface area (Å²) in [6.45, 7) is 4.99. The number of nitrogens with one attached hydrogen (secondary N) is 1. The van der Waals surface area contributed by atoms with E-state index in [2.05, 4.69) is 76.5 Å². The third-order valence-corrected chi connectivity index (χ3v) is 4.54. The van der Waals surface area contributed by atoms with Crippen molar-refractivity contribution in [1.29, 1.82) is 0 Å². The average molecular weight is 341 g/mol. The van der Waals surface area contributed by atoms with Gasteiger partial charge in [-0.3, -0.25) is 4.98 Å². The fourth-order valence-electron chi connectivity index (χ4n) is 2.41. The second kappa shape index (κ2) is 5.86. The summed E-state index contributed by atoms with van der Waals surface area (Å²) in [6.07, 6.45) is 1.84. The highest BCUT2D eigenvalue weighted by molar-refractivity contribution is 9.10. The van der Waals surface area contributed by atoms with Crippen LogP contribution < -0.4 is 5.32 Å². The highest BCUT2D eigenvalue weighted by Gasteiger charge is 2.04. The van der Waals surface area contributed by atoms with Gasteiger partial charge < -0.3 is 5.32 Å². The molecule has 0 unspecified atom stereocenters. The van der Waals surface area contributed by atoms with Crippen molar-refractivity contribution in [3.63, 3.8) is 0 Å². The summed E-state index contributed by atoms with van der Waals surface area (Å²) in [4.78, 5) is 4.47. The van der Waals surface area contributed by atoms with Crippen LogP contribution >= 0.6 is 15.9 Å². The Balaban J connectivity index is 1.88. The van der Waals surface area contributed by atoms with Crippen molar-refractivity contribution in [2.75, 3.05) is 5.32 Å². The molecule has 1 N–H and O–H groups in total. The van der Waals surface area contributed by atoms with E-state index in [-0.39, 0.29) is 0 Å². The normalized spacial score (nSPS) is 10.8. The lowest BCUT2D eigenvalue weighted by Gasteiger charge is -2.11. The molecule has 0 atom stereocenters. The molecule has 106 valence electrons. The molecule has 3 rings (SSSR count). The fourth-order valence-corrected chi connectivity index (χ4v) is 2.84. The molecule has 0 fully saturated rings. The van der Waals surface area contributed by atoms with Crippen molar-refractivity contribution >= 4 is 32.5 Å². The Hall–Kier alpha value is -1.87. The first-order valence-corrected chi connectivity index (χ1v) is 7.77. The lowest BCUT2D eigenvalue weighted by atomic mass is 10.1. The van der Waals surface area contributed by atoms with E-state index in [4.69, 9.17) is 0 Å². The monoisotopic (exact) mass is 340 g/mol. The number of halogens is 1. The quantitative estimate of drug-likeness (QED) is 0.706. The van der Waals surface area contributed by atoms with E-state index in [1.807, 2.05) is 12.3 Å². The summed E-state index contributed by atoms with van der Waals surface area (Å²) in [5.41, 5.74) is 5.90. The summed E-state index contributed by atoms with van der Waals surface area (Å²) < 4.78 is 1.15. The van der Waals surface area contributed by atoms with Gasteiger partial charge in [0.1, 0.15) is 0 Å². The van der Waals surface area contributed by atoms with E-state index >= 15 is 0 Å². The number of nitrogens with zero attached hydrogens (tertiary/aromatic N) is 1. The number of aromatic nitrogens is 1. The molecule has 0 aliphatic heterocycles. The topological polar surface area (TPSA) is 24.9 Å². The number of hydrogen-bond donors (Lipinski definition) is 1. The number of hydrogen-bond acceptors (Lipinski definition) is 2. The Morgan fingerprint density at radius 2 is 1.86 bits per heavy atom. The van der Waals surface area contributed by atoms with Gasteiger partial charge in [0.05, 0.1) is 5.52 Å². The number of pyridine rings is 1. The van der Waals surface area contributed by atoms with Crippen LogP contribution in [-0.2, 0) is 6.54 Å². The van der Waals surface area contributed by atoms with Gasteiger partial charge in [-0.05, 0) is 54.8 Å². The molecule has 0 bridgehead atoms. The molecule has 2 aromatic carbocycles. The number of fused-ring (bicyclic) bond motifs is 1. The number of anilines is 1. The molecule has 3 heteroatoms. The zero-order chi connectivity index (χ0) is 14.8. The molecule has 0 amide bonds. The van der Waals surface area contributed by atoms with Crippen molar-refractivity contribution < 1.29 is 0 Å². The maximum atomic E-state index is 4.47. The molecular weight excluding hydrogens is 324 g/mol. The minimum Gasteiger partial charge on any atom is -0.380 e. The molecular formula is C18H17BrN2. The fraction of sp³-hybridized carbons (Fsp3) is 0.167. The van der Waals surface area contributed by atoms with Crippen LogP contribution in [0.5, 0.6) is 0 Å². The Labute approximate surface area is 133 Å². The highest BCUT2D eigenvalue weighted by Crippen LogP contribution is 2.25. The van der Waals surface area contributed by atoms with E-state index in [9.17, 15) is 0 Å². The lowest BCUT2D eigenvalue weighted by molar-refractivity contribution is 1.14. The molecule has 0 aliphatic carbocycles. The van der Waals surface area contributed by atoms with E-state index in [0.29, 0.717) is 0 Å². The van der Waals surface area contributed by atoms with Crippen LogP contribution in [-0.4, -0.2) is 4.98 Å². The van der Waals surface area contributed by atoms with Crippen LogP contribution in [0.25, 0.3) is 10.9 Å². The maximum absolute atomic E-state index is 4.47. The Morgan fingerprint density at radius 3 is 2.67 bits per heavy atom. The maximum Gasteiger partial charge on any atom is 0.0751 e. The number of aryl methyl sites for hydroxylation is 2. The summed E-state index contributed by atoms with van der Waals surface area (Å²) in [5, 5.41) is 4.69. The van der Waals surface area contributed by atoms with Crippen LogP contribution in [0.3, 0.4) is 0 Å². The summed E-state index contributed by atoms with van der Waals surface area (Å²) in [7, 11) is 0. The van der Waals surface area contributed by atoms with Gasteiger partial charge in [0.2, 0.25) is 0 Å². The molecule has 0 spiro atoms. The predicted octanol–water partition coefficient (Wildman–Crippen LogP) is 5.23. The van der Waals surface area contributed by atoms with Crippen LogP contribution in [0.15, 0.2) is 53.1 Å². The van der Waals surface area contributed by atoms with Crippen LogP contribution in [0.4, 0.5) is 5.69 Å². The van der Waals surface area contributed by atoms with Gasteiger partial charge in [-0.1, -0.05) is 34.1 Å². The zero-order valence-electron chi connectivity index (χ0n) is 12.2. The van der Waals surface area contributed by atoms with E-state index < -0.39 is 0 Å². The van der Waals surface area contributed by atoms with Crippen molar-refractivity contribution in [1.82, 2.24) is 4.98 Å². The van der Waals surface area contributed by atoms with Gasteiger partial charge in [-0.25, -0.2) is 0 Å². The van der Waals surface area contributed by atoms with Crippen LogP contribution in [0.1, 0.15) is 16.7 Å². The van der Waals surface area contributed by atoms with Crippen LogP contribution in [0.2, 0.25) is 0 Å². The molecule has 0 aliphatic rings. The van der Waals surface area contributed by atoms with Crippen molar-refractivity contribution in [2.45, 2.75) is 20.4 Å². The van der Waals surface area contributed by atoms with Crippen molar-refractivity contribution in [3.8, 4) is 0 Å². The largest absolute Gasteiger partial charge is 0.380 e. The summed E-state index contributed by atoms with van der Waals surface area (Å²) in [6, 6.07) is 14.8. The Morgan fingerprint density at radius 1 is 1.05 bits per heavy atom. The third-order valence-electron chi connectivity index (χ3n) is 3.69. The highest BCUT2D eigenvalue weighted by atomic mass is 79.9. The summed E-state index contributed by atoms with van der Waals surface area (Å²) in [5.74, 6) is 0. The van der Waals surface area contributed by atoms with Gasteiger partial charge >= 0.3 is 0 Å². The molecule has 0 saturated heterocycles. The second-order valence-corrected chi connectivity index (χ2v) is 6.12. The second-order valence-electron chi connectivity index (χ2n) is 5.27.